The predicted octanol–water partition coefficient (Wildman–Crippen LogP) is 1.86. The van der Waals surface area contributed by atoms with Gasteiger partial charge < -0.3 is 9.88 Å². The molecule has 0 spiro atoms. The molecule has 0 saturated carbocycles. The Labute approximate surface area is 126 Å². The van der Waals surface area contributed by atoms with Crippen LogP contribution in [0.25, 0.3) is 0 Å². The number of aryl methyl sites for hydroxylation is 1. The highest BCUT2D eigenvalue weighted by molar-refractivity contribution is 6.04. The second kappa shape index (κ2) is 6.56. The average molecular weight is 291 g/mol. The molecule has 1 aliphatic rings. The van der Waals surface area contributed by atoms with Crippen LogP contribution in [0.5, 0.6) is 0 Å². The van der Waals surface area contributed by atoms with Crippen LogP contribution in [0.4, 0.5) is 0 Å². The van der Waals surface area contributed by atoms with Crippen molar-refractivity contribution in [2.75, 3.05) is 13.1 Å². The first-order valence-electron chi connectivity index (χ1n) is 8.02. The Morgan fingerprint density at radius 1 is 1.10 bits per heavy atom. The summed E-state index contributed by atoms with van der Waals surface area (Å²) in [7, 11) is 0. The number of aromatic amines is 1. The summed E-state index contributed by atoms with van der Waals surface area (Å²) in [4.78, 5) is 29.0. The Morgan fingerprint density at radius 3 is 2.14 bits per heavy atom. The van der Waals surface area contributed by atoms with E-state index in [1.54, 1.807) is 6.92 Å². The van der Waals surface area contributed by atoms with Gasteiger partial charge in [0.1, 0.15) is 6.04 Å². The van der Waals surface area contributed by atoms with E-state index >= 15 is 0 Å². The van der Waals surface area contributed by atoms with Crippen LogP contribution >= 0.6 is 0 Å². The van der Waals surface area contributed by atoms with Gasteiger partial charge in [-0.05, 0) is 58.9 Å². The van der Waals surface area contributed by atoms with E-state index in [4.69, 9.17) is 0 Å². The second-order valence-electron chi connectivity index (χ2n) is 6.34. The zero-order valence-electron chi connectivity index (χ0n) is 13.6. The number of aromatic nitrogens is 1. The minimum Gasteiger partial charge on any atom is -0.355 e. The molecule has 2 rings (SSSR count). The molecule has 4 heteroatoms. The number of nitrogens with one attached hydrogen (secondary N) is 2. The maximum atomic E-state index is 12.8. The largest absolute Gasteiger partial charge is 0.355 e. The number of quaternary nitrogens is 1. The summed E-state index contributed by atoms with van der Waals surface area (Å²) in [6.45, 7) is 9.46. The Morgan fingerprint density at radius 2 is 1.67 bits per heavy atom. The number of hydrogen-bond donors (Lipinski definition) is 2. The van der Waals surface area contributed by atoms with Gasteiger partial charge in [0.05, 0.1) is 18.8 Å². The van der Waals surface area contributed by atoms with Crippen LogP contribution in [-0.4, -0.2) is 35.7 Å². The topological polar surface area (TPSA) is 54.4 Å². The normalized spacial score (nSPS) is 18.3. The molecule has 21 heavy (non-hydrogen) atoms. The number of ketones is 2. The fourth-order valence-electron chi connectivity index (χ4n) is 3.54. The first kappa shape index (κ1) is 16.0. The molecule has 2 N–H and O–H groups in total. The average Bonchev–Trinajstić information content (AvgIpc) is 2.63. The number of carbonyl (C=O) groups is 2. The fourth-order valence-corrected chi connectivity index (χ4v) is 3.54. The van der Waals surface area contributed by atoms with Crippen molar-refractivity contribution in [1.82, 2.24) is 4.98 Å². The molecular formula is C17H27N2O2+. The van der Waals surface area contributed by atoms with Gasteiger partial charge in [0.15, 0.2) is 5.78 Å². The zero-order valence-corrected chi connectivity index (χ0v) is 13.6. The predicted molar refractivity (Wildman–Crippen MR) is 83.2 cm³/mol. The lowest BCUT2D eigenvalue weighted by Crippen LogP contribution is -3.16. The van der Waals surface area contributed by atoms with Gasteiger partial charge in [-0.25, -0.2) is 0 Å². The molecule has 1 saturated heterocycles. The van der Waals surface area contributed by atoms with Gasteiger partial charge in [0, 0.05) is 11.3 Å². The number of hydrogen-bond acceptors (Lipinski definition) is 2. The van der Waals surface area contributed by atoms with Gasteiger partial charge in [0.2, 0.25) is 5.78 Å². The molecule has 0 aliphatic carbocycles. The van der Waals surface area contributed by atoms with E-state index in [0.717, 1.165) is 24.3 Å². The Bertz CT molecular complexity index is 537. The van der Waals surface area contributed by atoms with Crippen molar-refractivity contribution < 1.29 is 14.5 Å². The number of likely N-dealkylation sites (tertiary alicyclic amines) is 1. The van der Waals surface area contributed by atoms with Crippen molar-refractivity contribution in [3.8, 4) is 0 Å². The van der Waals surface area contributed by atoms with Crippen molar-refractivity contribution in [2.45, 2.75) is 59.4 Å². The van der Waals surface area contributed by atoms with Crippen molar-refractivity contribution in [3.05, 3.63) is 22.5 Å². The number of carbonyl (C=O) groups excluding carboxylic acids is 2. The van der Waals surface area contributed by atoms with Crippen LogP contribution < -0.4 is 4.90 Å². The van der Waals surface area contributed by atoms with E-state index < -0.39 is 0 Å². The maximum absolute atomic E-state index is 12.8. The van der Waals surface area contributed by atoms with Gasteiger partial charge >= 0.3 is 0 Å². The number of rotatable bonds is 4. The van der Waals surface area contributed by atoms with Crippen LogP contribution in [0.2, 0.25) is 0 Å². The third-order valence-electron chi connectivity index (χ3n) is 4.79. The minimum absolute atomic E-state index is 0.0232. The summed E-state index contributed by atoms with van der Waals surface area (Å²) in [5.41, 5.74) is 2.92. The highest BCUT2D eigenvalue weighted by atomic mass is 16.1. The molecule has 0 bridgehead atoms. The number of H-pyrrole nitrogens is 1. The standard InChI is InChI=1S/C17H26N2O2/c1-11-15(14(4)20)12(2)18-16(11)17(21)13(3)19-9-7-5-6-8-10-19/h13,18H,5-10H2,1-4H3/p+1/t13-/m1/s1. The fraction of sp³-hybridized carbons (Fsp3) is 0.647. The first-order valence-corrected chi connectivity index (χ1v) is 8.02. The summed E-state index contributed by atoms with van der Waals surface area (Å²) in [5, 5.41) is 0. The summed E-state index contributed by atoms with van der Waals surface area (Å²) in [5.74, 6) is 0.162. The molecular weight excluding hydrogens is 264 g/mol. The van der Waals surface area contributed by atoms with E-state index in [-0.39, 0.29) is 17.6 Å². The molecule has 4 nitrogen and oxygen atoms in total. The molecule has 1 aromatic heterocycles. The quantitative estimate of drug-likeness (QED) is 0.832. The van der Waals surface area contributed by atoms with Crippen LogP contribution in [0.1, 0.15) is 71.6 Å². The Kier molecular flexibility index (Phi) is 4.99. The van der Waals surface area contributed by atoms with E-state index in [1.807, 2.05) is 20.8 Å². The minimum atomic E-state index is -0.0420. The monoisotopic (exact) mass is 291 g/mol. The van der Waals surface area contributed by atoms with E-state index in [9.17, 15) is 9.59 Å². The summed E-state index contributed by atoms with van der Waals surface area (Å²) in [6, 6.07) is -0.0420. The van der Waals surface area contributed by atoms with Crippen LogP contribution in [0, 0.1) is 13.8 Å². The SMILES string of the molecule is CC(=O)c1c(C)[nH]c(C(=O)[C@@H](C)[NH+]2CCCCCC2)c1C. The van der Waals surface area contributed by atoms with Crippen LogP contribution in [-0.2, 0) is 0 Å². The molecule has 2 heterocycles. The number of Topliss-reactive ketones (excluding diaryl/α,β-unsaturated/α-hetero) is 2. The lowest BCUT2D eigenvalue weighted by Gasteiger charge is -2.23. The lowest BCUT2D eigenvalue weighted by atomic mass is 10.0. The molecule has 0 unspecified atom stereocenters. The molecule has 1 aliphatic heterocycles. The van der Waals surface area contributed by atoms with Crippen molar-refractivity contribution in [3.63, 3.8) is 0 Å². The van der Waals surface area contributed by atoms with Gasteiger partial charge in [-0.15, -0.1) is 0 Å². The third-order valence-corrected chi connectivity index (χ3v) is 4.79. The highest BCUT2D eigenvalue weighted by Crippen LogP contribution is 2.19. The van der Waals surface area contributed by atoms with Crippen LogP contribution in [0.3, 0.4) is 0 Å². The maximum Gasteiger partial charge on any atom is 0.235 e. The molecule has 1 atom stereocenters. The smallest absolute Gasteiger partial charge is 0.235 e. The highest BCUT2D eigenvalue weighted by Gasteiger charge is 2.30. The lowest BCUT2D eigenvalue weighted by molar-refractivity contribution is -0.912. The van der Waals surface area contributed by atoms with Gasteiger partial charge in [-0.1, -0.05) is 0 Å². The molecule has 0 radical (unpaired) electrons. The third kappa shape index (κ3) is 3.26. The zero-order chi connectivity index (χ0) is 15.6. The van der Waals surface area contributed by atoms with Crippen molar-refractivity contribution in [1.29, 1.82) is 0 Å². The first-order chi connectivity index (χ1) is 9.93. The Balaban J connectivity index is 2.23. The van der Waals surface area contributed by atoms with E-state index in [0.29, 0.717) is 11.3 Å². The van der Waals surface area contributed by atoms with Crippen LogP contribution in [0.15, 0.2) is 0 Å². The Hall–Kier alpha value is -1.42. The molecule has 0 aromatic carbocycles. The van der Waals surface area contributed by atoms with E-state index in [1.165, 1.54) is 30.6 Å². The second-order valence-corrected chi connectivity index (χ2v) is 6.34. The molecule has 0 amide bonds. The van der Waals surface area contributed by atoms with Gasteiger partial charge in [-0.3, -0.25) is 9.59 Å². The van der Waals surface area contributed by atoms with Gasteiger partial charge in [-0.2, -0.15) is 0 Å². The summed E-state index contributed by atoms with van der Waals surface area (Å²) in [6.07, 6.45) is 4.96. The van der Waals surface area contributed by atoms with Crippen molar-refractivity contribution >= 4 is 11.6 Å². The van der Waals surface area contributed by atoms with Crippen molar-refractivity contribution in [2.24, 2.45) is 0 Å². The molecule has 1 aromatic rings. The molecule has 116 valence electrons. The van der Waals surface area contributed by atoms with E-state index in [2.05, 4.69) is 4.98 Å². The summed E-state index contributed by atoms with van der Waals surface area (Å²) < 4.78 is 0. The summed E-state index contributed by atoms with van der Waals surface area (Å²) >= 11 is 0. The molecule has 1 fully saturated rings. The van der Waals surface area contributed by atoms with Gasteiger partial charge in [0.25, 0.3) is 0 Å².